The van der Waals surface area contributed by atoms with Gasteiger partial charge < -0.3 is 5.32 Å². The first-order chi connectivity index (χ1) is 8.90. The van der Waals surface area contributed by atoms with Crippen LogP contribution in [0.15, 0.2) is 60.7 Å². The molecule has 0 aliphatic heterocycles. The molecule has 0 heterocycles. The number of nitrogens with one attached hydrogen (secondary N) is 1. The zero-order valence-corrected chi connectivity index (χ0v) is 11.5. The molecule has 0 saturated heterocycles. The Bertz CT molecular complexity index is 441. The standard InChI is InChI=1S/C16H19NS/c1-18-16(15-10-6-3-7-11-15)13-17-12-14-8-4-2-5-9-14/h2-11,16-17H,12-13H2,1H3. The second kappa shape index (κ2) is 7.24. The van der Waals surface area contributed by atoms with Crippen LogP contribution in [0, 0.1) is 0 Å². The van der Waals surface area contributed by atoms with Gasteiger partial charge in [-0.25, -0.2) is 0 Å². The molecule has 0 radical (unpaired) electrons. The Balaban J connectivity index is 1.85. The summed E-state index contributed by atoms with van der Waals surface area (Å²) in [7, 11) is 0. The molecule has 0 spiro atoms. The van der Waals surface area contributed by atoms with E-state index in [0.717, 1.165) is 13.1 Å². The molecule has 0 saturated carbocycles. The molecule has 0 fully saturated rings. The minimum atomic E-state index is 0.523. The Morgan fingerprint density at radius 1 is 0.944 bits per heavy atom. The normalized spacial score (nSPS) is 12.3. The van der Waals surface area contributed by atoms with Gasteiger partial charge in [0.1, 0.15) is 0 Å². The molecular formula is C16H19NS. The molecule has 1 unspecified atom stereocenters. The maximum absolute atomic E-state index is 3.53. The first kappa shape index (κ1) is 13.2. The van der Waals surface area contributed by atoms with Crippen LogP contribution < -0.4 is 5.32 Å². The molecule has 1 nitrogen and oxygen atoms in total. The second-order valence-corrected chi connectivity index (χ2v) is 5.29. The molecule has 0 aliphatic carbocycles. The van der Waals surface area contributed by atoms with E-state index in [1.165, 1.54) is 11.1 Å². The van der Waals surface area contributed by atoms with Gasteiger partial charge in [-0.2, -0.15) is 11.8 Å². The SMILES string of the molecule is CSC(CNCc1ccccc1)c1ccccc1. The number of hydrogen-bond donors (Lipinski definition) is 1. The topological polar surface area (TPSA) is 12.0 Å². The molecule has 0 aliphatic rings. The minimum absolute atomic E-state index is 0.523. The number of hydrogen-bond acceptors (Lipinski definition) is 2. The van der Waals surface area contributed by atoms with Crippen LogP contribution in [0.4, 0.5) is 0 Å². The molecule has 2 rings (SSSR count). The highest BCUT2D eigenvalue weighted by Crippen LogP contribution is 2.25. The van der Waals surface area contributed by atoms with Crippen LogP contribution in [0.25, 0.3) is 0 Å². The summed E-state index contributed by atoms with van der Waals surface area (Å²) in [5, 5.41) is 4.05. The van der Waals surface area contributed by atoms with Gasteiger partial charge >= 0.3 is 0 Å². The molecule has 2 heteroatoms. The highest BCUT2D eigenvalue weighted by atomic mass is 32.2. The summed E-state index contributed by atoms with van der Waals surface area (Å²) in [4.78, 5) is 0. The Kier molecular flexibility index (Phi) is 5.31. The maximum Gasteiger partial charge on any atom is 0.0419 e. The van der Waals surface area contributed by atoms with Crippen LogP contribution in [-0.4, -0.2) is 12.8 Å². The van der Waals surface area contributed by atoms with E-state index in [9.17, 15) is 0 Å². The number of thioether (sulfide) groups is 1. The van der Waals surface area contributed by atoms with E-state index in [0.29, 0.717) is 5.25 Å². The largest absolute Gasteiger partial charge is 0.311 e. The molecule has 0 amide bonds. The lowest BCUT2D eigenvalue weighted by Gasteiger charge is -2.15. The summed E-state index contributed by atoms with van der Waals surface area (Å²) in [5.41, 5.74) is 2.73. The Labute approximate surface area is 114 Å². The van der Waals surface area contributed by atoms with Crippen molar-refractivity contribution < 1.29 is 0 Å². The highest BCUT2D eigenvalue weighted by Gasteiger charge is 2.08. The summed E-state index contributed by atoms with van der Waals surface area (Å²) in [6.45, 7) is 1.94. The minimum Gasteiger partial charge on any atom is -0.311 e. The van der Waals surface area contributed by atoms with Gasteiger partial charge in [0.05, 0.1) is 0 Å². The predicted molar refractivity (Wildman–Crippen MR) is 80.8 cm³/mol. The predicted octanol–water partition coefficient (Wildman–Crippen LogP) is 3.88. The van der Waals surface area contributed by atoms with Gasteiger partial charge in [0.15, 0.2) is 0 Å². The average molecular weight is 257 g/mol. The monoisotopic (exact) mass is 257 g/mol. The van der Waals surface area contributed by atoms with Crippen molar-refractivity contribution in [2.75, 3.05) is 12.8 Å². The molecule has 1 N–H and O–H groups in total. The van der Waals surface area contributed by atoms with Gasteiger partial charge in [-0.3, -0.25) is 0 Å². The van der Waals surface area contributed by atoms with Crippen molar-refractivity contribution in [3.63, 3.8) is 0 Å². The Morgan fingerprint density at radius 3 is 2.17 bits per heavy atom. The number of rotatable bonds is 6. The molecule has 2 aromatic carbocycles. The van der Waals surface area contributed by atoms with Crippen LogP contribution in [0.3, 0.4) is 0 Å². The third kappa shape index (κ3) is 3.90. The van der Waals surface area contributed by atoms with Crippen molar-refractivity contribution in [3.8, 4) is 0 Å². The fourth-order valence-corrected chi connectivity index (χ4v) is 2.66. The lowest BCUT2D eigenvalue weighted by molar-refractivity contribution is 0.679. The maximum atomic E-state index is 3.53. The zero-order chi connectivity index (χ0) is 12.6. The van der Waals surface area contributed by atoms with Crippen LogP contribution in [-0.2, 0) is 6.54 Å². The van der Waals surface area contributed by atoms with E-state index >= 15 is 0 Å². The average Bonchev–Trinajstić information content (AvgIpc) is 2.46. The van der Waals surface area contributed by atoms with Crippen LogP contribution in [0.2, 0.25) is 0 Å². The second-order valence-electron chi connectivity index (χ2n) is 4.25. The van der Waals surface area contributed by atoms with E-state index in [-0.39, 0.29) is 0 Å². The Morgan fingerprint density at radius 2 is 1.56 bits per heavy atom. The van der Waals surface area contributed by atoms with Gasteiger partial charge in [0.2, 0.25) is 0 Å². The zero-order valence-electron chi connectivity index (χ0n) is 10.7. The summed E-state index contributed by atoms with van der Waals surface area (Å²) >= 11 is 1.90. The van der Waals surface area contributed by atoms with E-state index in [4.69, 9.17) is 0 Å². The van der Waals surface area contributed by atoms with Crippen LogP contribution in [0.5, 0.6) is 0 Å². The molecule has 18 heavy (non-hydrogen) atoms. The van der Waals surface area contributed by atoms with Crippen molar-refractivity contribution in [3.05, 3.63) is 71.8 Å². The summed E-state index contributed by atoms with van der Waals surface area (Å²) in [6.07, 6.45) is 2.17. The highest BCUT2D eigenvalue weighted by molar-refractivity contribution is 7.98. The summed E-state index contributed by atoms with van der Waals surface area (Å²) in [6, 6.07) is 21.2. The smallest absolute Gasteiger partial charge is 0.0419 e. The van der Waals surface area contributed by atoms with Crippen LogP contribution >= 0.6 is 11.8 Å². The molecule has 2 aromatic rings. The fraction of sp³-hybridized carbons (Fsp3) is 0.250. The first-order valence-corrected chi connectivity index (χ1v) is 7.51. The summed E-state index contributed by atoms with van der Waals surface area (Å²) < 4.78 is 0. The van der Waals surface area contributed by atoms with Crippen LogP contribution in [0.1, 0.15) is 16.4 Å². The lowest BCUT2D eigenvalue weighted by atomic mass is 10.1. The van der Waals surface area contributed by atoms with Crippen molar-refractivity contribution in [1.82, 2.24) is 5.32 Å². The van der Waals surface area contributed by atoms with Crippen molar-refractivity contribution in [2.45, 2.75) is 11.8 Å². The molecule has 94 valence electrons. The van der Waals surface area contributed by atoms with Gasteiger partial charge in [0.25, 0.3) is 0 Å². The van der Waals surface area contributed by atoms with Gasteiger partial charge in [0, 0.05) is 18.3 Å². The van der Waals surface area contributed by atoms with E-state index in [1.54, 1.807) is 0 Å². The fourth-order valence-electron chi connectivity index (χ4n) is 1.95. The Hall–Kier alpha value is -1.25. The van der Waals surface area contributed by atoms with Gasteiger partial charge in [-0.15, -0.1) is 0 Å². The quantitative estimate of drug-likeness (QED) is 0.843. The van der Waals surface area contributed by atoms with Gasteiger partial charge in [-0.1, -0.05) is 60.7 Å². The third-order valence-corrected chi connectivity index (χ3v) is 3.97. The van der Waals surface area contributed by atoms with Gasteiger partial charge in [-0.05, 0) is 17.4 Å². The first-order valence-electron chi connectivity index (χ1n) is 6.22. The third-order valence-electron chi connectivity index (χ3n) is 2.96. The van der Waals surface area contributed by atoms with Crippen molar-refractivity contribution >= 4 is 11.8 Å². The number of benzene rings is 2. The molecular weight excluding hydrogens is 238 g/mol. The molecule has 1 atom stereocenters. The molecule has 0 bridgehead atoms. The van der Waals surface area contributed by atoms with Crippen molar-refractivity contribution in [2.24, 2.45) is 0 Å². The van der Waals surface area contributed by atoms with E-state index in [1.807, 2.05) is 11.8 Å². The molecule has 0 aromatic heterocycles. The van der Waals surface area contributed by atoms with E-state index in [2.05, 4.69) is 72.2 Å². The lowest BCUT2D eigenvalue weighted by Crippen LogP contribution is -2.19. The van der Waals surface area contributed by atoms with Crippen molar-refractivity contribution in [1.29, 1.82) is 0 Å². The summed E-state index contributed by atoms with van der Waals surface area (Å²) in [5.74, 6) is 0. The van der Waals surface area contributed by atoms with E-state index < -0.39 is 0 Å².